The largest absolute Gasteiger partial charge is 0.494 e. The highest BCUT2D eigenvalue weighted by Crippen LogP contribution is 2.33. The van der Waals surface area contributed by atoms with Gasteiger partial charge < -0.3 is 18.6 Å². The van der Waals surface area contributed by atoms with Crippen molar-refractivity contribution in [1.29, 1.82) is 0 Å². The van der Waals surface area contributed by atoms with Crippen LogP contribution in [0, 0.1) is 0 Å². The Morgan fingerprint density at radius 3 is 2.69 bits per heavy atom. The Hall–Kier alpha value is -3.68. The summed E-state index contributed by atoms with van der Waals surface area (Å²) in [5.41, 5.74) is 1.76. The van der Waals surface area contributed by atoms with E-state index < -0.39 is 6.61 Å². The highest BCUT2D eigenvalue weighted by atomic mass is 19.3. The van der Waals surface area contributed by atoms with E-state index in [9.17, 15) is 13.6 Å². The van der Waals surface area contributed by atoms with E-state index in [2.05, 4.69) is 16.3 Å². The molecule has 3 aromatic rings. The second-order valence-electron chi connectivity index (χ2n) is 6.72. The number of ketones is 1. The average Bonchev–Trinajstić information content (AvgIpc) is 3.22. The van der Waals surface area contributed by atoms with E-state index in [1.807, 2.05) is 31.2 Å². The van der Waals surface area contributed by atoms with Crippen LogP contribution in [0.4, 0.5) is 8.78 Å². The SMILES string of the molecule is C=CCOc1cc(-c2nc(CC(=O)Cc3ccccc3OCC)co2)ccc1OC(F)F. The summed E-state index contributed by atoms with van der Waals surface area (Å²) in [5.74, 6) is 0.858. The summed E-state index contributed by atoms with van der Waals surface area (Å²) >= 11 is 0. The van der Waals surface area contributed by atoms with Gasteiger partial charge in [-0.3, -0.25) is 4.79 Å². The van der Waals surface area contributed by atoms with Gasteiger partial charge >= 0.3 is 6.61 Å². The molecule has 0 N–H and O–H groups in total. The van der Waals surface area contributed by atoms with E-state index in [0.717, 1.165) is 5.56 Å². The van der Waals surface area contributed by atoms with E-state index in [4.69, 9.17) is 13.9 Å². The first-order valence-corrected chi connectivity index (χ1v) is 9.99. The van der Waals surface area contributed by atoms with Crippen molar-refractivity contribution in [3.8, 4) is 28.7 Å². The molecule has 0 aliphatic carbocycles. The number of halogens is 2. The molecule has 0 saturated heterocycles. The third-order valence-electron chi connectivity index (χ3n) is 4.35. The first-order chi connectivity index (χ1) is 15.5. The molecule has 0 atom stereocenters. The normalized spacial score (nSPS) is 10.8. The number of alkyl halides is 2. The maximum Gasteiger partial charge on any atom is 0.387 e. The van der Waals surface area contributed by atoms with Crippen LogP contribution in [-0.2, 0) is 17.6 Å². The quantitative estimate of drug-likeness (QED) is 0.356. The average molecular weight is 443 g/mol. The van der Waals surface area contributed by atoms with Gasteiger partial charge in [0, 0.05) is 17.5 Å². The van der Waals surface area contributed by atoms with E-state index in [-0.39, 0.29) is 42.6 Å². The molecule has 1 aromatic heterocycles. The first kappa shape index (κ1) is 23.0. The highest BCUT2D eigenvalue weighted by Gasteiger charge is 2.16. The molecule has 0 radical (unpaired) electrons. The van der Waals surface area contributed by atoms with Crippen LogP contribution in [0.25, 0.3) is 11.5 Å². The smallest absolute Gasteiger partial charge is 0.387 e. The fourth-order valence-electron chi connectivity index (χ4n) is 3.04. The third kappa shape index (κ3) is 6.16. The van der Waals surface area contributed by atoms with Gasteiger partial charge in [-0.2, -0.15) is 8.78 Å². The Morgan fingerprint density at radius 1 is 1.12 bits per heavy atom. The van der Waals surface area contributed by atoms with Crippen molar-refractivity contribution >= 4 is 5.78 Å². The molecular weight excluding hydrogens is 420 g/mol. The van der Waals surface area contributed by atoms with Gasteiger partial charge in [-0.25, -0.2) is 4.98 Å². The number of oxazole rings is 1. The number of para-hydroxylation sites is 1. The molecule has 0 saturated carbocycles. The minimum atomic E-state index is -2.99. The zero-order chi connectivity index (χ0) is 22.9. The van der Waals surface area contributed by atoms with Gasteiger partial charge in [0.05, 0.1) is 18.7 Å². The van der Waals surface area contributed by atoms with Gasteiger partial charge in [-0.15, -0.1) is 0 Å². The number of hydrogen-bond acceptors (Lipinski definition) is 6. The predicted molar refractivity (Wildman–Crippen MR) is 114 cm³/mol. The third-order valence-corrected chi connectivity index (χ3v) is 4.35. The molecule has 32 heavy (non-hydrogen) atoms. The van der Waals surface area contributed by atoms with Gasteiger partial charge in [0.1, 0.15) is 24.4 Å². The lowest BCUT2D eigenvalue weighted by Gasteiger charge is -2.11. The van der Waals surface area contributed by atoms with Crippen molar-refractivity contribution in [2.45, 2.75) is 26.4 Å². The van der Waals surface area contributed by atoms with E-state index in [1.165, 1.54) is 30.5 Å². The fourth-order valence-corrected chi connectivity index (χ4v) is 3.04. The van der Waals surface area contributed by atoms with Crippen molar-refractivity contribution in [3.63, 3.8) is 0 Å². The standard InChI is InChI=1S/C24H23F2NO5/c1-3-11-30-22-13-17(9-10-21(22)32-24(25)26)23-27-18(15-31-23)14-19(28)12-16-7-5-6-8-20(16)29-4-2/h3,5-10,13,15,24H,1,4,11-12,14H2,2H3. The number of benzene rings is 2. The fraction of sp³-hybridized carbons (Fsp3) is 0.250. The molecule has 168 valence electrons. The van der Waals surface area contributed by atoms with Crippen molar-refractivity contribution in [2.24, 2.45) is 0 Å². The van der Waals surface area contributed by atoms with Crippen LogP contribution in [0.1, 0.15) is 18.2 Å². The molecule has 6 nitrogen and oxygen atoms in total. The van der Waals surface area contributed by atoms with Gasteiger partial charge in [0.15, 0.2) is 11.5 Å². The van der Waals surface area contributed by atoms with Crippen LogP contribution in [0.15, 0.2) is 65.8 Å². The maximum absolute atomic E-state index is 12.6. The number of ether oxygens (including phenoxy) is 3. The van der Waals surface area contributed by atoms with Gasteiger partial charge in [-0.05, 0) is 31.2 Å². The van der Waals surface area contributed by atoms with Crippen LogP contribution < -0.4 is 14.2 Å². The van der Waals surface area contributed by atoms with E-state index >= 15 is 0 Å². The lowest BCUT2D eigenvalue weighted by Crippen LogP contribution is -2.08. The number of carbonyl (C=O) groups excluding carboxylic acids is 1. The molecule has 0 bridgehead atoms. The molecule has 0 spiro atoms. The molecule has 8 heteroatoms. The monoisotopic (exact) mass is 443 g/mol. The minimum Gasteiger partial charge on any atom is -0.494 e. The summed E-state index contributed by atoms with van der Waals surface area (Å²) < 4.78 is 46.2. The number of aromatic nitrogens is 1. The highest BCUT2D eigenvalue weighted by molar-refractivity contribution is 5.83. The molecule has 0 fully saturated rings. The Bertz CT molecular complexity index is 1060. The van der Waals surface area contributed by atoms with Crippen molar-refractivity contribution in [2.75, 3.05) is 13.2 Å². The number of carbonyl (C=O) groups is 1. The lowest BCUT2D eigenvalue weighted by atomic mass is 10.1. The lowest BCUT2D eigenvalue weighted by molar-refractivity contribution is -0.117. The summed E-state index contributed by atoms with van der Waals surface area (Å²) in [5, 5.41) is 0. The van der Waals surface area contributed by atoms with Crippen molar-refractivity contribution in [1.82, 2.24) is 4.98 Å². The number of Topliss-reactive ketones (excluding diaryl/α,β-unsaturated/α-hetero) is 1. The van der Waals surface area contributed by atoms with E-state index in [1.54, 1.807) is 0 Å². The predicted octanol–water partition coefficient (Wildman–Crippen LogP) is 5.26. The summed E-state index contributed by atoms with van der Waals surface area (Å²) in [6, 6.07) is 11.7. The molecule has 0 aliphatic heterocycles. The Kier molecular flexibility index (Phi) is 7.96. The van der Waals surface area contributed by atoms with Crippen LogP contribution >= 0.6 is 0 Å². The van der Waals surface area contributed by atoms with Crippen molar-refractivity contribution in [3.05, 3.63) is 72.6 Å². The molecule has 0 amide bonds. The molecule has 2 aromatic carbocycles. The molecule has 0 aliphatic rings. The summed E-state index contributed by atoms with van der Waals surface area (Å²) in [6.45, 7) is 3.06. The number of hydrogen-bond donors (Lipinski definition) is 0. The number of nitrogens with zero attached hydrogens (tertiary/aromatic N) is 1. The minimum absolute atomic E-state index is 0.0484. The second-order valence-corrected chi connectivity index (χ2v) is 6.72. The maximum atomic E-state index is 12.6. The molecular formula is C24H23F2NO5. The summed E-state index contributed by atoms with van der Waals surface area (Å²) in [4.78, 5) is 16.9. The molecule has 3 rings (SSSR count). The second kappa shape index (κ2) is 11.1. The van der Waals surface area contributed by atoms with Crippen LogP contribution in [0.3, 0.4) is 0 Å². The van der Waals surface area contributed by atoms with Gasteiger partial charge in [0.2, 0.25) is 5.89 Å². The van der Waals surface area contributed by atoms with Crippen LogP contribution in [0.5, 0.6) is 17.2 Å². The van der Waals surface area contributed by atoms with Crippen LogP contribution in [0.2, 0.25) is 0 Å². The van der Waals surface area contributed by atoms with Crippen molar-refractivity contribution < 1.29 is 32.2 Å². The zero-order valence-electron chi connectivity index (χ0n) is 17.6. The first-order valence-electron chi connectivity index (χ1n) is 9.99. The van der Waals surface area contributed by atoms with Gasteiger partial charge in [-0.1, -0.05) is 30.9 Å². The Labute approximate surface area is 184 Å². The molecule has 0 unspecified atom stereocenters. The topological polar surface area (TPSA) is 70.8 Å². The van der Waals surface area contributed by atoms with Gasteiger partial charge in [0.25, 0.3) is 0 Å². The Balaban J connectivity index is 1.72. The summed E-state index contributed by atoms with van der Waals surface area (Å²) in [6.07, 6.45) is 3.17. The zero-order valence-corrected chi connectivity index (χ0v) is 17.6. The summed E-state index contributed by atoms with van der Waals surface area (Å²) in [7, 11) is 0. The number of rotatable bonds is 12. The molecule has 1 heterocycles. The van der Waals surface area contributed by atoms with Crippen LogP contribution in [-0.4, -0.2) is 30.6 Å². The van der Waals surface area contributed by atoms with E-state index in [0.29, 0.717) is 23.6 Å². The Morgan fingerprint density at radius 2 is 1.94 bits per heavy atom.